The summed E-state index contributed by atoms with van der Waals surface area (Å²) in [5.74, 6) is -0.459. The number of carbonyl (C=O) groups is 1. The Morgan fingerprint density at radius 1 is 1.50 bits per heavy atom. The van der Waals surface area contributed by atoms with E-state index in [2.05, 4.69) is 0 Å². The van der Waals surface area contributed by atoms with Gasteiger partial charge in [0.15, 0.2) is 0 Å². The number of rotatable bonds is 6. The summed E-state index contributed by atoms with van der Waals surface area (Å²) in [7, 11) is 0. The van der Waals surface area contributed by atoms with Crippen molar-refractivity contribution in [3.05, 3.63) is 0 Å². The molecule has 12 heavy (non-hydrogen) atoms. The van der Waals surface area contributed by atoms with E-state index < -0.39 is 0 Å². The SMILES string of the molecule is CCCOC(CC)C(C)C(N)=O. The summed E-state index contributed by atoms with van der Waals surface area (Å²) in [5, 5.41) is 0. The van der Waals surface area contributed by atoms with E-state index >= 15 is 0 Å². The molecule has 0 aliphatic heterocycles. The highest BCUT2D eigenvalue weighted by Crippen LogP contribution is 2.10. The van der Waals surface area contributed by atoms with Crippen molar-refractivity contribution in [1.82, 2.24) is 0 Å². The average Bonchev–Trinajstić information content (AvgIpc) is 2.05. The molecular formula is C9H19NO2. The minimum absolute atomic E-state index is 0.0116. The summed E-state index contributed by atoms with van der Waals surface area (Å²) in [6.07, 6.45) is 1.80. The van der Waals surface area contributed by atoms with Crippen LogP contribution in [-0.2, 0) is 9.53 Å². The predicted octanol–water partition coefficient (Wildman–Crippen LogP) is 1.31. The molecule has 0 aromatic heterocycles. The van der Waals surface area contributed by atoms with Crippen molar-refractivity contribution < 1.29 is 9.53 Å². The molecule has 2 unspecified atom stereocenters. The third kappa shape index (κ3) is 3.72. The molecular weight excluding hydrogens is 154 g/mol. The van der Waals surface area contributed by atoms with E-state index in [4.69, 9.17) is 10.5 Å². The Hall–Kier alpha value is -0.570. The Bertz CT molecular complexity index is 136. The lowest BCUT2D eigenvalue weighted by atomic mass is 10.0. The normalized spacial score (nSPS) is 15.6. The third-order valence-electron chi connectivity index (χ3n) is 1.94. The molecule has 0 aromatic carbocycles. The van der Waals surface area contributed by atoms with Gasteiger partial charge in [-0.15, -0.1) is 0 Å². The van der Waals surface area contributed by atoms with Crippen LogP contribution in [-0.4, -0.2) is 18.6 Å². The van der Waals surface area contributed by atoms with Crippen LogP contribution in [0.15, 0.2) is 0 Å². The summed E-state index contributed by atoms with van der Waals surface area (Å²) in [4.78, 5) is 10.8. The van der Waals surface area contributed by atoms with E-state index in [1.165, 1.54) is 0 Å². The summed E-state index contributed by atoms with van der Waals surface area (Å²) in [5.41, 5.74) is 5.17. The van der Waals surface area contributed by atoms with Gasteiger partial charge in [0.25, 0.3) is 0 Å². The van der Waals surface area contributed by atoms with Gasteiger partial charge in [0.05, 0.1) is 12.0 Å². The fourth-order valence-electron chi connectivity index (χ4n) is 1.07. The lowest BCUT2D eigenvalue weighted by Gasteiger charge is -2.20. The van der Waals surface area contributed by atoms with Crippen LogP contribution >= 0.6 is 0 Å². The second-order valence-electron chi connectivity index (χ2n) is 3.01. The zero-order chi connectivity index (χ0) is 9.56. The first-order chi connectivity index (χ1) is 5.63. The first-order valence-corrected chi connectivity index (χ1v) is 4.54. The van der Waals surface area contributed by atoms with Crippen LogP contribution in [0.3, 0.4) is 0 Å². The van der Waals surface area contributed by atoms with Gasteiger partial charge in [-0.3, -0.25) is 4.79 Å². The molecule has 0 aromatic rings. The zero-order valence-electron chi connectivity index (χ0n) is 8.17. The largest absolute Gasteiger partial charge is 0.377 e. The number of carbonyl (C=O) groups excluding carboxylic acids is 1. The summed E-state index contributed by atoms with van der Waals surface area (Å²) in [6, 6.07) is 0. The van der Waals surface area contributed by atoms with E-state index in [1.54, 1.807) is 0 Å². The van der Waals surface area contributed by atoms with Gasteiger partial charge in [-0.05, 0) is 12.8 Å². The lowest BCUT2D eigenvalue weighted by molar-refractivity contribution is -0.126. The van der Waals surface area contributed by atoms with Crippen molar-refractivity contribution in [3.63, 3.8) is 0 Å². The van der Waals surface area contributed by atoms with Crippen molar-refractivity contribution in [3.8, 4) is 0 Å². The van der Waals surface area contributed by atoms with E-state index in [1.807, 2.05) is 20.8 Å². The first-order valence-electron chi connectivity index (χ1n) is 4.54. The Morgan fingerprint density at radius 2 is 2.08 bits per heavy atom. The minimum Gasteiger partial charge on any atom is -0.377 e. The molecule has 0 fully saturated rings. The van der Waals surface area contributed by atoms with E-state index in [9.17, 15) is 4.79 Å². The molecule has 0 aliphatic carbocycles. The molecule has 0 saturated heterocycles. The number of hydrogen-bond acceptors (Lipinski definition) is 2. The van der Waals surface area contributed by atoms with Gasteiger partial charge in [-0.1, -0.05) is 20.8 Å². The molecule has 0 rings (SSSR count). The highest BCUT2D eigenvalue weighted by Gasteiger charge is 2.20. The molecule has 1 amide bonds. The summed E-state index contributed by atoms with van der Waals surface area (Å²) in [6.45, 7) is 6.56. The Morgan fingerprint density at radius 3 is 2.42 bits per heavy atom. The molecule has 2 atom stereocenters. The molecule has 0 aliphatic rings. The monoisotopic (exact) mass is 173 g/mol. The van der Waals surface area contributed by atoms with Crippen LogP contribution in [0, 0.1) is 5.92 Å². The van der Waals surface area contributed by atoms with Crippen LogP contribution in [0.2, 0.25) is 0 Å². The predicted molar refractivity (Wildman–Crippen MR) is 48.7 cm³/mol. The standard InChI is InChI=1S/C9H19NO2/c1-4-6-12-8(5-2)7(3)9(10)11/h7-8H,4-6H2,1-3H3,(H2,10,11). The Balaban J connectivity index is 3.87. The van der Waals surface area contributed by atoms with Gasteiger partial charge < -0.3 is 10.5 Å². The number of ether oxygens (including phenoxy) is 1. The van der Waals surface area contributed by atoms with Crippen LogP contribution in [0.1, 0.15) is 33.6 Å². The van der Waals surface area contributed by atoms with Gasteiger partial charge in [-0.25, -0.2) is 0 Å². The second kappa shape index (κ2) is 6.00. The molecule has 0 radical (unpaired) electrons. The molecule has 72 valence electrons. The molecule has 3 heteroatoms. The molecule has 3 nitrogen and oxygen atoms in total. The molecule has 2 N–H and O–H groups in total. The van der Waals surface area contributed by atoms with Crippen LogP contribution in [0.25, 0.3) is 0 Å². The number of amides is 1. The van der Waals surface area contributed by atoms with Crippen molar-refractivity contribution in [2.75, 3.05) is 6.61 Å². The number of primary amides is 1. The van der Waals surface area contributed by atoms with E-state index in [-0.39, 0.29) is 17.9 Å². The fourth-order valence-corrected chi connectivity index (χ4v) is 1.07. The summed E-state index contributed by atoms with van der Waals surface area (Å²) < 4.78 is 5.46. The first kappa shape index (κ1) is 11.4. The van der Waals surface area contributed by atoms with Crippen LogP contribution < -0.4 is 5.73 Å². The van der Waals surface area contributed by atoms with E-state index in [0.717, 1.165) is 12.8 Å². The fraction of sp³-hybridized carbons (Fsp3) is 0.889. The van der Waals surface area contributed by atoms with Crippen molar-refractivity contribution in [2.45, 2.75) is 39.7 Å². The summed E-state index contributed by atoms with van der Waals surface area (Å²) >= 11 is 0. The van der Waals surface area contributed by atoms with Crippen LogP contribution in [0.4, 0.5) is 0 Å². The average molecular weight is 173 g/mol. The van der Waals surface area contributed by atoms with Gasteiger partial charge in [0.2, 0.25) is 5.91 Å². The van der Waals surface area contributed by atoms with Crippen molar-refractivity contribution in [1.29, 1.82) is 0 Å². The van der Waals surface area contributed by atoms with E-state index in [0.29, 0.717) is 6.61 Å². The topological polar surface area (TPSA) is 52.3 Å². The Kier molecular flexibility index (Phi) is 5.72. The Labute approximate surface area is 74.3 Å². The molecule has 0 bridgehead atoms. The maximum absolute atomic E-state index is 10.8. The molecule has 0 spiro atoms. The highest BCUT2D eigenvalue weighted by atomic mass is 16.5. The molecule has 0 saturated carbocycles. The zero-order valence-corrected chi connectivity index (χ0v) is 8.17. The molecule has 0 heterocycles. The van der Waals surface area contributed by atoms with Crippen molar-refractivity contribution in [2.24, 2.45) is 11.7 Å². The van der Waals surface area contributed by atoms with Gasteiger partial charge in [-0.2, -0.15) is 0 Å². The number of hydrogen-bond donors (Lipinski definition) is 1. The van der Waals surface area contributed by atoms with Gasteiger partial charge in [0, 0.05) is 6.61 Å². The maximum Gasteiger partial charge on any atom is 0.222 e. The third-order valence-corrected chi connectivity index (χ3v) is 1.94. The smallest absolute Gasteiger partial charge is 0.222 e. The van der Waals surface area contributed by atoms with Crippen LogP contribution in [0.5, 0.6) is 0 Å². The minimum atomic E-state index is -0.280. The van der Waals surface area contributed by atoms with Gasteiger partial charge in [0.1, 0.15) is 0 Å². The quantitative estimate of drug-likeness (QED) is 0.658. The second-order valence-corrected chi connectivity index (χ2v) is 3.01. The highest BCUT2D eigenvalue weighted by molar-refractivity contribution is 5.76. The van der Waals surface area contributed by atoms with Gasteiger partial charge >= 0.3 is 0 Å². The number of nitrogens with two attached hydrogens (primary N) is 1. The van der Waals surface area contributed by atoms with Crippen molar-refractivity contribution >= 4 is 5.91 Å². The lowest BCUT2D eigenvalue weighted by Crippen LogP contribution is -2.32. The maximum atomic E-state index is 10.8.